The lowest BCUT2D eigenvalue weighted by molar-refractivity contribution is -0.122. The van der Waals surface area contributed by atoms with Gasteiger partial charge in [0.15, 0.2) is 0 Å². The molecule has 0 radical (unpaired) electrons. The van der Waals surface area contributed by atoms with Crippen LogP contribution in [0.3, 0.4) is 0 Å². The van der Waals surface area contributed by atoms with Gasteiger partial charge in [-0.15, -0.1) is 11.3 Å². The lowest BCUT2D eigenvalue weighted by atomic mass is 10.5. The van der Waals surface area contributed by atoms with E-state index in [9.17, 15) is 4.79 Å². The van der Waals surface area contributed by atoms with Gasteiger partial charge in [0.05, 0.1) is 4.88 Å². The number of primary amides is 1. The molecule has 1 aromatic rings. The Morgan fingerprint density at radius 1 is 1.73 bits per heavy atom. The molecule has 4 nitrogen and oxygen atoms in total. The standard InChI is InChI=1S/C5H5NOS.CH2O2/c6-5(7)4-2-1-3-8-4;2-1-3/h1-3H,(H2,6,7);1H,(H,2,3). The first kappa shape index (κ1) is 9.64. The van der Waals surface area contributed by atoms with E-state index in [1.165, 1.54) is 11.3 Å². The largest absolute Gasteiger partial charge is 0.483 e. The van der Waals surface area contributed by atoms with Gasteiger partial charge in [0.1, 0.15) is 0 Å². The second-order valence-corrected chi connectivity index (χ2v) is 2.39. The first-order valence-electron chi connectivity index (χ1n) is 2.63. The van der Waals surface area contributed by atoms with Crippen LogP contribution in [0.2, 0.25) is 0 Å². The van der Waals surface area contributed by atoms with Gasteiger partial charge in [0.2, 0.25) is 0 Å². The van der Waals surface area contributed by atoms with Gasteiger partial charge in [0.25, 0.3) is 12.4 Å². The van der Waals surface area contributed by atoms with Crippen molar-refractivity contribution >= 4 is 23.7 Å². The number of amides is 1. The van der Waals surface area contributed by atoms with Gasteiger partial charge in [-0.05, 0) is 11.4 Å². The number of thiophene rings is 1. The quantitative estimate of drug-likeness (QED) is 0.608. The summed E-state index contributed by atoms with van der Waals surface area (Å²) in [5, 5.41) is 8.71. The van der Waals surface area contributed by atoms with Crippen molar-refractivity contribution in [3.8, 4) is 0 Å². The van der Waals surface area contributed by atoms with Gasteiger partial charge in [-0.25, -0.2) is 0 Å². The molecular weight excluding hydrogens is 166 g/mol. The summed E-state index contributed by atoms with van der Waals surface area (Å²) >= 11 is 1.36. The molecule has 0 atom stereocenters. The highest BCUT2D eigenvalue weighted by molar-refractivity contribution is 7.12. The molecule has 0 saturated carbocycles. The number of carbonyl (C=O) groups excluding carboxylic acids is 1. The van der Waals surface area contributed by atoms with Crippen molar-refractivity contribution in [2.45, 2.75) is 0 Å². The zero-order chi connectivity index (χ0) is 8.69. The Balaban J connectivity index is 0.000000292. The third kappa shape index (κ3) is 4.10. The van der Waals surface area contributed by atoms with Crippen LogP contribution in [0.4, 0.5) is 0 Å². The molecule has 0 aliphatic heterocycles. The van der Waals surface area contributed by atoms with Crippen molar-refractivity contribution in [3.63, 3.8) is 0 Å². The average molecular weight is 173 g/mol. The lowest BCUT2D eigenvalue weighted by Gasteiger charge is -1.80. The summed E-state index contributed by atoms with van der Waals surface area (Å²) in [6, 6.07) is 3.50. The third-order valence-corrected chi connectivity index (χ3v) is 1.65. The zero-order valence-corrected chi connectivity index (χ0v) is 6.38. The number of carboxylic acid groups (broad SMARTS) is 1. The van der Waals surface area contributed by atoms with E-state index < -0.39 is 0 Å². The van der Waals surface area contributed by atoms with Crippen LogP contribution in [0.1, 0.15) is 9.67 Å². The monoisotopic (exact) mass is 173 g/mol. The van der Waals surface area contributed by atoms with Crippen LogP contribution in [0.25, 0.3) is 0 Å². The summed E-state index contributed by atoms with van der Waals surface area (Å²) in [5.74, 6) is -0.347. The normalized spacial score (nSPS) is 7.64. The van der Waals surface area contributed by atoms with Crippen molar-refractivity contribution in [2.75, 3.05) is 0 Å². The Morgan fingerprint density at radius 2 is 2.27 bits per heavy atom. The maximum absolute atomic E-state index is 10.3. The number of carbonyl (C=O) groups is 2. The molecule has 11 heavy (non-hydrogen) atoms. The predicted octanol–water partition coefficient (Wildman–Crippen LogP) is 0.548. The Bertz CT molecular complexity index is 220. The van der Waals surface area contributed by atoms with E-state index in [4.69, 9.17) is 15.6 Å². The second-order valence-electron chi connectivity index (χ2n) is 1.45. The topological polar surface area (TPSA) is 80.4 Å². The molecule has 1 aromatic heterocycles. The molecule has 1 heterocycles. The molecule has 60 valence electrons. The minimum absolute atomic E-state index is 0.250. The summed E-state index contributed by atoms with van der Waals surface area (Å²) in [6.45, 7) is -0.250. The van der Waals surface area contributed by atoms with Crippen molar-refractivity contribution in [2.24, 2.45) is 5.73 Å². The molecule has 0 bridgehead atoms. The number of hydrogen-bond donors (Lipinski definition) is 2. The summed E-state index contributed by atoms with van der Waals surface area (Å²) in [6.07, 6.45) is 0. The van der Waals surface area contributed by atoms with Crippen LogP contribution >= 0.6 is 11.3 Å². The molecule has 1 rings (SSSR count). The lowest BCUT2D eigenvalue weighted by Crippen LogP contribution is -2.07. The van der Waals surface area contributed by atoms with Crippen LogP contribution in [0, 0.1) is 0 Å². The van der Waals surface area contributed by atoms with E-state index in [-0.39, 0.29) is 12.4 Å². The van der Waals surface area contributed by atoms with Crippen LogP contribution in [-0.2, 0) is 4.79 Å². The Hall–Kier alpha value is -1.36. The third-order valence-electron chi connectivity index (χ3n) is 0.764. The maximum Gasteiger partial charge on any atom is 0.290 e. The Labute approximate surface area is 67.3 Å². The molecule has 0 spiro atoms. The maximum atomic E-state index is 10.3. The van der Waals surface area contributed by atoms with Crippen LogP contribution in [0.15, 0.2) is 17.5 Å². The van der Waals surface area contributed by atoms with E-state index >= 15 is 0 Å². The fourth-order valence-electron chi connectivity index (χ4n) is 0.419. The van der Waals surface area contributed by atoms with Gasteiger partial charge in [-0.2, -0.15) is 0 Å². The van der Waals surface area contributed by atoms with E-state index in [0.29, 0.717) is 4.88 Å². The summed E-state index contributed by atoms with van der Waals surface area (Å²) < 4.78 is 0. The van der Waals surface area contributed by atoms with Crippen LogP contribution in [0.5, 0.6) is 0 Å². The van der Waals surface area contributed by atoms with Crippen molar-refractivity contribution < 1.29 is 14.7 Å². The van der Waals surface area contributed by atoms with E-state index in [1.807, 2.05) is 5.38 Å². The van der Waals surface area contributed by atoms with Gasteiger partial charge < -0.3 is 10.8 Å². The van der Waals surface area contributed by atoms with Gasteiger partial charge in [-0.3, -0.25) is 9.59 Å². The molecule has 0 saturated heterocycles. The highest BCUT2D eigenvalue weighted by Gasteiger charge is 1.96. The van der Waals surface area contributed by atoms with Gasteiger partial charge in [0, 0.05) is 0 Å². The van der Waals surface area contributed by atoms with E-state index in [2.05, 4.69) is 0 Å². The van der Waals surface area contributed by atoms with Crippen LogP contribution in [-0.4, -0.2) is 17.5 Å². The number of rotatable bonds is 1. The molecule has 0 aliphatic carbocycles. The highest BCUT2D eigenvalue weighted by Crippen LogP contribution is 2.05. The molecule has 0 aliphatic rings. The second kappa shape index (κ2) is 5.43. The fourth-order valence-corrected chi connectivity index (χ4v) is 0.996. The predicted molar refractivity (Wildman–Crippen MR) is 41.5 cm³/mol. The first-order chi connectivity index (χ1) is 5.22. The first-order valence-corrected chi connectivity index (χ1v) is 3.51. The summed E-state index contributed by atoms with van der Waals surface area (Å²) in [4.78, 5) is 19.3. The zero-order valence-electron chi connectivity index (χ0n) is 5.56. The van der Waals surface area contributed by atoms with E-state index in [0.717, 1.165) is 0 Å². The van der Waals surface area contributed by atoms with E-state index in [1.54, 1.807) is 12.1 Å². The highest BCUT2D eigenvalue weighted by atomic mass is 32.1. The van der Waals surface area contributed by atoms with Gasteiger partial charge in [-0.1, -0.05) is 6.07 Å². The number of hydrogen-bond acceptors (Lipinski definition) is 3. The molecule has 5 heteroatoms. The molecule has 1 amide bonds. The van der Waals surface area contributed by atoms with Crippen LogP contribution < -0.4 is 5.73 Å². The molecule has 0 unspecified atom stereocenters. The van der Waals surface area contributed by atoms with Crippen molar-refractivity contribution in [1.29, 1.82) is 0 Å². The average Bonchev–Trinajstić information content (AvgIpc) is 2.38. The Morgan fingerprint density at radius 3 is 2.45 bits per heavy atom. The summed E-state index contributed by atoms with van der Waals surface area (Å²) in [7, 11) is 0. The smallest absolute Gasteiger partial charge is 0.290 e. The molecule has 0 aromatic carbocycles. The number of nitrogens with two attached hydrogens (primary N) is 1. The fraction of sp³-hybridized carbons (Fsp3) is 0. The van der Waals surface area contributed by atoms with Crippen molar-refractivity contribution in [1.82, 2.24) is 0 Å². The summed E-state index contributed by atoms with van der Waals surface area (Å²) in [5.41, 5.74) is 4.93. The molecular formula is C6H7NO3S. The molecule has 0 fully saturated rings. The Kier molecular flexibility index (Phi) is 4.76. The minimum Gasteiger partial charge on any atom is -0.483 e. The molecule has 3 N–H and O–H groups in total. The minimum atomic E-state index is -0.347. The van der Waals surface area contributed by atoms with Crippen molar-refractivity contribution in [3.05, 3.63) is 22.4 Å². The SMILES string of the molecule is NC(=O)c1cccs1.O=CO. The van der Waals surface area contributed by atoms with Gasteiger partial charge >= 0.3 is 0 Å².